The average molecular weight is 371 g/mol. The zero-order valence-corrected chi connectivity index (χ0v) is 14.8. The summed E-state index contributed by atoms with van der Waals surface area (Å²) in [5, 5.41) is 20.0. The van der Waals surface area contributed by atoms with Gasteiger partial charge in [0.15, 0.2) is 6.04 Å². The Hall–Kier alpha value is -3.09. The van der Waals surface area contributed by atoms with Gasteiger partial charge in [-0.05, 0) is 18.4 Å². The van der Waals surface area contributed by atoms with Gasteiger partial charge < -0.3 is 19.8 Å². The molecular formula is C20H21NO6. The number of allylic oxidation sites excluding steroid dienone is 1. The summed E-state index contributed by atoms with van der Waals surface area (Å²) in [6, 6.07) is 7.51. The molecule has 0 radical (unpaired) electrons. The van der Waals surface area contributed by atoms with Crippen LogP contribution < -0.4 is 0 Å². The van der Waals surface area contributed by atoms with Crippen LogP contribution in [0.15, 0.2) is 54.3 Å². The number of carboxylic acids is 1. The van der Waals surface area contributed by atoms with Crippen LogP contribution in [-0.4, -0.2) is 44.5 Å². The molecular weight excluding hydrogens is 350 g/mol. The molecule has 2 fully saturated rings. The summed E-state index contributed by atoms with van der Waals surface area (Å²) >= 11 is 0. The second-order valence-electron chi connectivity index (χ2n) is 6.82. The van der Waals surface area contributed by atoms with Crippen molar-refractivity contribution in [2.45, 2.75) is 43.9 Å². The Kier molecular flexibility index (Phi) is 5.03. The molecule has 1 amide bonds. The van der Waals surface area contributed by atoms with Gasteiger partial charge in [0.25, 0.3) is 0 Å². The first kappa shape index (κ1) is 18.7. The summed E-state index contributed by atoms with van der Waals surface area (Å²) in [7, 11) is 0. The minimum absolute atomic E-state index is 0.0393. The van der Waals surface area contributed by atoms with E-state index in [-0.39, 0.29) is 24.5 Å². The maximum atomic E-state index is 12.8. The fraction of sp³-hybridized carbons (Fsp3) is 0.350. The van der Waals surface area contributed by atoms with E-state index < -0.39 is 29.3 Å². The maximum absolute atomic E-state index is 12.8. The number of carboxylic acid groups (broad SMARTS) is 1. The van der Waals surface area contributed by atoms with Crippen LogP contribution in [0.1, 0.15) is 31.2 Å². The van der Waals surface area contributed by atoms with Crippen molar-refractivity contribution in [3.63, 3.8) is 0 Å². The van der Waals surface area contributed by atoms with Crippen molar-refractivity contribution in [2.75, 3.05) is 0 Å². The highest BCUT2D eigenvalue weighted by atomic mass is 16.5. The Morgan fingerprint density at radius 2 is 1.93 bits per heavy atom. The van der Waals surface area contributed by atoms with Gasteiger partial charge in [0.05, 0.1) is 17.5 Å². The predicted molar refractivity (Wildman–Crippen MR) is 95.6 cm³/mol. The molecule has 1 saturated carbocycles. The van der Waals surface area contributed by atoms with Crippen LogP contribution in [0.3, 0.4) is 0 Å². The molecule has 1 unspecified atom stereocenters. The standard InChI is InChI=1S/C20H21NO6/c1-2-6-14(18(24)25)17(23)16(21-15(22)11-20(21)9-10-20)19(26)27-12-13-7-4-3-5-8-13/h2-5,7-8,16,23H,1,6,9-12H2,(H,24,25)/b17-14+. The van der Waals surface area contributed by atoms with E-state index in [0.29, 0.717) is 6.42 Å². The molecule has 2 aliphatic rings. The molecule has 1 aliphatic carbocycles. The van der Waals surface area contributed by atoms with Crippen molar-refractivity contribution in [1.29, 1.82) is 0 Å². The Morgan fingerprint density at radius 1 is 1.26 bits per heavy atom. The summed E-state index contributed by atoms with van der Waals surface area (Å²) in [5.74, 6) is -3.19. The van der Waals surface area contributed by atoms with Gasteiger partial charge in [-0.3, -0.25) is 4.79 Å². The predicted octanol–water partition coefficient (Wildman–Crippen LogP) is 2.34. The molecule has 7 heteroatoms. The van der Waals surface area contributed by atoms with Gasteiger partial charge in [-0.25, -0.2) is 9.59 Å². The van der Waals surface area contributed by atoms with Gasteiger partial charge >= 0.3 is 11.9 Å². The van der Waals surface area contributed by atoms with E-state index in [1.54, 1.807) is 24.3 Å². The minimum Gasteiger partial charge on any atom is -0.509 e. The molecule has 0 aromatic heterocycles. The SMILES string of the molecule is C=CC/C(C(=O)O)=C(\O)C(C(=O)OCc1ccccc1)N1C(=O)CC12CC2. The third-order valence-electron chi connectivity index (χ3n) is 4.97. The van der Waals surface area contributed by atoms with E-state index in [0.717, 1.165) is 18.4 Å². The van der Waals surface area contributed by atoms with Crippen LogP contribution in [0.2, 0.25) is 0 Å². The molecule has 142 valence electrons. The topological polar surface area (TPSA) is 104 Å². The van der Waals surface area contributed by atoms with Crippen LogP contribution >= 0.6 is 0 Å². The number of amides is 1. The molecule has 0 bridgehead atoms. The highest BCUT2D eigenvalue weighted by Gasteiger charge is 2.63. The zero-order valence-electron chi connectivity index (χ0n) is 14.8. The number of esters is 1. The summed E-state index contributed by atoms with van der Waals surface area (Å²) in [6.45, 7) is 3.44. The number of rotatable bonds is 8. The third-order valence-corrected chi connectivity index (χ3v) is 4.97. The average Bonchev–Trinajstić information content (AvgIpc) is 3.44. The Labute approximate surface area is 156 Å². The lowest BCUT2D eigenvalue weighted by atomic mass is 9.93. The lowest BCUT2D eigenvalue weighted by Crippen LogP contribution is -2.62. The number of aliphatic carboxylic acids is 1. The van der Waals surface area contributed by atoms with Crippen LogP contribution in [0.4, 0.5) is 0 Å². The van der Waals surface area contributed by atoms with Gasteiger partial charge in [0.2, 0.25) is 5.91 Å². The van der Waals surface area contributed by atoms with Crippen molar-refractivity contribution in [2.24, 2.45) is 0 Å². The Morgan fingerprint density at radius 3 is 2.44 bits per heavy atom. The number of nitrogens with zero attached hydrogens (tertiary/aromatic N) is 1. The van der Waals surface area contributed by atoms with Gasteiger partial charge in [0.1, 0.15) is 12.4 Å². The van der Waals surface area contributed by atoms with Crippen LogP contribution in [0.25, 0.3) is 0 Å². The molecule has 2 N–H and O–H groups in total. The number of benzene rings is 1. The second kappa shape index (κ2) is 7.26. The summed E-state index contributed by atoms with van der Waals surface area (Å²) in [5.41, 5.74) is -0.0879. The number of β-lactam (4-membered cyclic amide) rings is 1. The summed E-state index contributed by atoms with van der Waals surface area (Å²) in [4.78, 5) is 37.7. The van der Waals surface area contributed by atoms with E-state index in [1.165, 1.54) is 11.0 Å². The first-order valence-corrected chi connectivity index (χ1v) is 8.68. The van der Waals surface area contributed by atoms with Crippen molar-refractivity contribution >= 4 is 17.8 Å². The fourth-order valence-electron chi connectivity index (χ4n) is 3.36. The monoisotopic (exact) mass is 371 g/mol. The smallest absolute Gasteiger partial charge is 0.337 e. The van der Waals surface area contributed by atoms with Crippen molar-refractivity contribution in [3.05, 3.63) is 59.9 Å². The Balaban J connectivity index is 1.89. The van der Waals surface area contributed by atoms with E-state index in [1.807, 2.05) is 6.07 Å². The largest absolute Gasteiger partial charge is 0.509 e. The van der Waals surface area contributed by atoms with E-state index in [2.05, 4.69) is 6.58 Å². The maximum Gasteiger partial charge on any atom is 0.337 e. The molecule has 27 heavy (non-hydrogen) atoms. The van der Waals surface area contributed by atoms with Crippen molar-refractivity contribution in [1.82, 2.24) is 4.90 Å². The highest BCUT2D eigenvalue weighted by Crippen LogP contribution is 2.54. The third kappa shape index (κ3) is 3.58. The molecule has 1 heterocycles. The van der Waals surface area contributed by atoms with Crippen molar-refractivity contribution in [3.8, 4) is 0 Å². The number of hydrogen-bond donors (Lipinski definition) is 2. The van der Waals surface area contributed by atoms with Gasteiger partial charge in [-0.1, -0.05) is 36.4 Å². The van der Waals surface area contributed by atoms with Gasteiger partial charge in [0, 0.05) is 6.42 Å². The minimum atomic E-state index is -1.46. The van der Waals surface area contributed by atoms with Crippen LogP contribution in [0, 0.1) is 0 Å². The lowest BCUT2D eigenvalue weighted by molar-refractivity contribution is -0.167. The molecule has 1 aliphatic heterocycles. The molecule has 7 nitrogen and oxygen atoms in total. The number of carbonyl (C=O) groups excluding carboxylic acids is 2. The number of hydrogen-bond acceptors (Lipinski definition) is 5. The summed E-state index contributed by atoms with van der Waals surface area (Å²) in [6.07, 6.45) is 2.92. The molecule has 1 saturated heterocycles. The van der Waals surface area contributed by atoms with E-state index in [9.17, 15) is 24.6 Å². The van der Waals surface area contributed by atoms with E-state index >= 15 is 0 Å². The molecule has 1 aromatic carbocycles. The van der Waals surface area contributed by atoms with E-state index in [4.69, 9.17) is 4.74 Å². The Bertz CT molecular complexity index is 809. The number of likely N-dealkylation sites (tertiary alicyclic amines) is 1. The normalized spacial score (nSPS) is 19.0. The molecule has 3 rings (SSSR count). The molecule has 1 aromatic rings. The van der Waals surface area contributed by atoms with Gasteiger partial charge in [-0.2, -0.15) is 0 Å². The first-order chi connectivity index (χ1) is 12.9. The van der Waals surface area contributed by atoms with Crippen LogP contribution in [0.5, 0.6) is 0 Å². The van der Waals surface area contributed by atoms with Crippen LogP contribution in [-0.2, 0) is 25.7 Å². The number of carbonyl (C=O) groups is 3. The second-order valence-corrected chi connectivity index (χ2v) is 6.82. The number of aliphatic hydroxyl groups is 1. The quantitative estimate of drug-likeness (QED) is 0.239. The fourth-order valence-corrected chi connectivity index (χ4v) is 3.36. The number of ether oxygens (including phenoxy) is 1. The summed E-state index contributed by atoms with van der Waals surface area (Å²) < 4.78 is 5.30. The number of aliphatic hydroxyl groups excluding tert-OH is 1. The molecule has 1 atom stereocenters. The first-order valence-electron chi connectivity index (χ1n) is 8.68. The van der Waals surface area contributed by atoms with Crippen molar-refractivity contribution < 1.29 is 29.3 Å². The zero-order chi connectivity index (χ0) is 19.6. The molecule has 1 spiro atoms. The van der Waals surface area contributed by atoms with Gasteiger partial charge in [-0.15, -0.1) is 6.58 Å². The lowest BCUT2D eigenvalue weighted by Gasteiger charge is -2.45. The highest BCUT2D eigenvalue weighted by molar-refractivity contribution is 5.95.